The molecule has 5 atom stereocenters. The van der Waals surface area contributed by atoms with Gasteiger partial charge in [0.25, 0.3) is 0 Å². The maximum absolute atomic E-state index is 10.7. The van der Waals surface area contributed by atoms with E-state index in [1.54, 1.807) is 7.11 Å². The van der Waals surface area contributed by atoms with E-state index in [0.29, 0.717) is 26.3 Å². The number of hydrogen-bond acceptors (Lipinski definition) is 6. The van der Waals surface area contributed by atoms with Crippen molar-refractivity contribution in [2.24, 2.45) is 0 Å². The Labute approximate surface area is 130 Å². The van der Waals surface area contributed by atoms with Crippen LogP contribution in [-0.4, -0.2) is 62.6 Å². The van der Waals surface area contributed by atoms with Crippen molar-refractivity contribution in [3.8, 4) is 0 Å². The SMILES string of the molecule is COCCN[C@H]1[C@@H]2OC[C@@H](O2)[C@@H](NCc2ccccc2)[C@@H]1O. The van der Waals surface area contributed by atoms with Crippen LogP contribution in [0.5, 0.6) is 0 Å². The Morgan fingerprint density at radius 1 is 1.23 bits per heavy atom. The number of benzene rings is 1. The molecule has 3 rings (SSSR count). The molecule has 0 amide bonds. The number of methoxy groups -OCH3 is 1. The fourth-order valence-electron chi connectivity index (χ4n) is 3.05. The lowest BCUT2D eigenvalue weighted by Crippen LogP contribution is -2.63. The summed E-state index contributed by atoms with van der Waals surface area (Å²) in [5.41, 5.74) is 1.18. The molecule has 0 aromatic heterocycles. The molecule has 2 bridgehead atoms. The molecule has 122 valence electrons. The summed E-state index contributed by atoms with van der Waals surface area (Å²) in [7, 11) is 1.65. The minimum atomic E-state index is -0.563. The van der Waals surface area contributed by atoms with Gasteiger partial charge in [0.1, 0.15) is 6.10 Å². The van der Waals surface area contributed by atoms with E-state index in [9.17, 15) is 5.11 Å². The Balaban J connectivity index is 1.60. The van der Waals surface area contributed by atoms with Crippen LogP contribution in [0.15, 0.2) is 30.3 Å². The van der Waals surface area contributed by atoms with Crippen molar-refractivity contribution < 1.29 is 19.3 Å². The molecule has 2 saturated heterocycles. The maximum atomic E-state index is 10.7. The Morgan fingerprint density at radius 3 is 2.82 bits per heavy atom. The van der Waals surface area contributed by atoms with Crippen LogP contribution in [0.2, 0.25) is 0 Å². The van der Waals surface area contributed by atoms with Gasteiger partial charge in [0, 0.05) is 20.2 Å². The quantitative estimate of drug-likeness (QED) is 0.609. The Hall–Kier alpha value is -1.02. The van der Waals surface area contributed by atoms with Gasteiger partial charge in [0.05, 0.1) is 31.4 Å². The number of hydrogen-bond donors (Lipinski definition) is 3. The summed E-state index contributed by atoms with van der Waals surface area (Å²) in [4.78, 5) is 0. The second kappa shape index (κ2) is 7.50. The number of ether oxygens (including phenoxy) is 3. The van der Waals surface area contributed by atoms with E-state index >= 15 is 0 Å². The molecule has 6 nitrogen and oxygen atoms in total. The lowest BCUT2D eigenvalue weighted by Gasteiger charge is -2.39. The van der Waals surface area contributed by atoms with Crippen LogP contribution in [0, 0.1) is 0 Å². The van der Waals surface area contributed by atoms with E-state index in [2.05, 4.69) is 22.8 Å². The number of fused-ring (bicyclic) bond motifs is 2. The third-order valence-electron chi connectivity index (χ3n) is 4.23. The minimum absolute atomic E-state index is 0.107. The van der Waals surface area contributed by atoms with Crippen molar-refractivity contribution >= 4 is 0 Å². The number of nitrogens with one attached hydrogen (secondary N) is 2. The molecule has 2 aliphatic heterocycles. The highest BCUT2D eigenvalue weighted by Gasteiger charge is 2.49. The molecule has 2 heterocycles. The normalized spacial score (nSPS) is 34.0. The van der Waals surface area contributed by atoms with E-state index in [1.807, 2.05) is 18.2 Å². The van der Waals surface area contributed by atoms with Gasteiger partial charge in [-0.15, -0.1) is 0 Å². The van der Waals surface area contributed by atoms with Gasteiger partial charge >= 0.3 is 0 Å². The Morgan fingerprint density at radius 2 is 2.05 bits per heavy atom. The monoisotopic (exact) mass is 308 g/mol. The molecule has 2 aliphatic rings. The zero-order valence-electron chi connectivity index (χ0n) is 12.8. The molecule has 0 unspecified atom stereocenters. The predicted octanol–water partition coefficient (Wildman–Crippen LogP) is -0.135. The first-order chi connectivity index (χ1) is 10.8. The third kappa shape index (κ3) is 3.48. The van der Waals surface area contributed by atoms with Crippen LogP contribution in [0.1, 0.15) is 5.56 Å². The average molecular weight is 308 g/mol. The molecule has 6 heteroatoms. The van der Waals surface area contributed by atoms with E-state index in [0.717, 1.165) is 0 Å². The standard InChI is InChI=1S/C16H24N2O4/c1-20-8-7-17-14-15(19)13(12-10-21-16(14)22-12)18-9-11-5-3-2-4-6-11/h2-6,12-19H,7-10H2,1H3/t12-,13-,14-,15+,16-/m1/s1. The molecule has 22 heavy (non-hydrogen) atoms. The largest absolute Gasteiger partial charge is 0.390 e. The van der Waals surface area contributed by atoms with Crippen molar-refractivity contribution in [3.05, 3.63) is 35.9 Å². The molecule has 0 aliphatic carbocycles. The van der Waals surface area contributed by atoms with E-state index in [1.165, 1.54) is 5.56 Å². The highest BCUT2D eigenvalue weighted by atomic mass is 16.7. The van der Waals surface area contributed by atoms with Crippen molar-refractivity contribution in [1.29, 1.82) is 0 Å². The molecular formula is C16H24N2O4. The third-order valence-corrected chi connectivity index (χ3v) is 4.23. The fourth-order valence-corrected chi connectivity index (χ4v) is 3.05. The topological polar surface area (TPSA) is 72.0 Å². The second-order valence-electron chi connectivity index (χ2n) is 5.73. The van der Waals surface area contributed by atoms with Crippen molar-refractivity contribution in [2.45, 2.75) is 37.1 Å². The lowest BCUT2D eigenvalue weighted by molar-refractivity contribution is -0.153. The van der Waals surface area contributed by atoms with Crippen LogP contribution >= 0.6 is 0 Å². The summed E-state index contributed by atoms with van der Waals surface area (Å²) in [5, 5.41) is 17.3. The average Bonchev–Trinajstić information content (AvgIpc) is 2.97. The van der Waals surface area contributed by atoms with Gasteiger partial charge in [-0.05, 0) is 5.56 Å². The highest BCUT2D eigenvalue weighted by Crippen LogP contribution is 2.28. The summed E-state index contributed by atoms with van der Waals surface area (Å²) >= 11 is 0. The second-order valence-corrected chi connectivity index (χ2v) is 5.73. The highest BCUT2D eigenvalue weighted by molar-refractivity contribution is 5.15. The first-order valence-corrected chi connectivity index (χ1v) is 7.74. The first-order valence-electron chi connectivity index (χ1n) is 7.74. The number of aliphatic hydroxyl groups excluding tert-OH is 1. The molecule has 1 aromatic rings. The van der Waals surface area contributed by atoms with Gasteiger partial charge in [-0.25, -0.2) is 0 Å². The van der Waals surface area contributed by atoms with Gasteiger partial charge in [0.2, 0.25) is 0 Å². The van der Waals surface area contributed by atoms with Crippen LogP contribution < -0.4 is 10.6 Å². The van der Waals surface area contributed by atoms with Gasteiger partial charge in [-0.2, -0.15) is 0 Å². The molecule has 0 spiro atoms. The van der Waals surface area contributed by atoms with Gasteiger partial charge in [-0.1, -0.05) is 30.3 Å². The van der Waals surface area contributed by atoms with Crippen LogP contribution in [0.25, 0.3) is 0 Å². The van der Waals surface area contributed by atoms with Gasteiger partial charge in [0.15, 0.2) is 6.29 Å². The zero-order valence-corrected chi connectivity index (χ0v) is 12.8. The Kier molecular flexibility index (Phi) is 5.41. The van der Waals surface area contributed by atoms with Crippen LogP contribution in [-0.2, 0) is 20.8 Å². The first kappa shape index (κ1) is 15.9. The lowest BCUT2D eigenvalue weighted by atomic mass is 9.95. The maximum Gasteiger partial charge on any atom is 0.176 e. The van der Waals surface area contributed by atoms with Crippen molar-refractivity contribution in [1.82, 2.24) is 10.6 Å². The van der Waals surface area contributed by atoms with E-state index < -0.39 is 6.10 Å². The minimum Gasteiger partial charge on any atom is -0.390 e. The summed E-state index contributed by atoms with van der Waals surface area (Å²) < 4.78 is 16.5. The predicted molar refractivity (Wildman–Crippen MR) is 81.4 cm³/mol. The van der Waals surface area contributed by atoms with Gasteiger partial charge in [-0.3, -0.25) is 0 Å². The summed E-state index contributed by atoms with van der Waals surface area (Å²) in [5.74, 6) is 0. The fraction of sp³-hybridized carbons (Fsp3) is 0.625. The summed E-state index contributed by atoms with van der Waals surface area (Å²) in [6.45, 7) is 2.44. The Bertz CT molecular complexity index is 459. The molecule has 2 fully saturated rings. The van der Waals surface area contributed by atoms with Crippen molar-refractivity contribution in [2.75, 3.05) is 26.9 Å². The summed E-state index contributed by atoms with van der Waals surface area (Å²) in [6, 6.07) is 9.73. The smallest absolute Gasteiger partial charge is 0.176 e. The van der Waals surface area contributed by atoms with Crippen LogP contribution in [0.3, 0.4) is 0 Å². The van der Waals surface area contributed by atoms with Crippen molar-refractivity contribution in [3.63, 3.8) is 0 Å². The zero-order chi connectivity index (χ0) is 15.4. The van der Waals surface area contributed by atoms with E-state index in [4.69, 9.17) is 14.2 Å². The number of rotatable bonds is 7. The molecule has 1 aromatic carbocycles. The molecule has 0 radical (unpaired) electrons. The van der Waals surface area contributed by atoms with Gasteiger partial charge < -0.3 is 30.0 Å². The molecular weight excluding hydrogens is 284 g/mol. The van der Waals surface area contributed by atoms with E-state index in [-0.39, 0.29) is 24.5 Å². The number of aliphatic hydroxyl groups is 1. The van der Waals surface area contributed by atoms with Crippen LogP contribution in [0.4, 0.5) is 0 Å². The summed E-state index contributed by atoms with van der Waals surface area (Å²) in [6.07, 6.45) is -1.05. The molecule has 0 saturated carbocycles. The molecule has 3 N–H and O–H groups in total.